The van der Waals surface area contributed by atoms with E-state index in [1.807, 2.05) is 4.90 Å². The maximum absolute atomic E-state index is 12.6. The number of aliphatic hydroxyl groups is 1. The Bertz CT molecular complexity index is 410. The summed E-state index contributed by atoms with van der Waals surface area (Å²) in [7, 11) is 1.57. The van der Waals surface area contributed by atoms with E-state index in [1.54, 1.807) is 7.05 Å². The van der Waals surface area contributed by atoms with Crippen molar-refractivity contribution in [2.75, 3.05) is 33.2 Å². The Labute approximate surface area is 139 Å². The predicted octanol–water partition coefficient (Wildman–Crippen LogP) is 0.646. The van der Waals surface area contributed by atoms with Crippen LogP contribution in [0.1, 0.15) is 51.4 Å². The zero-order chi connectivity index (χ0) is 16.7. The molecule has 0 aromatic carbocycles. The van der Waals surface area contributed by atoms with Crippen molar-refractivity contribution in [2.24, 2.45) is 5.92 Å². The van der Waals surface area contributed by atoms with Gasteiger partial charge in [-0.1, -0.05) is 32.1 Å². The Kier molecular flexibility index (Phi) is 6.84. The van der Waals surface area contributed by atoms with Crippen LogP contribution in [0.2, 0.25) is 0 Å². The minimum Gasteiger partial charge on any atom is -0.379 e. The average Bonchev–Trinajstić information content (AvgIpc) is 2.57. The van der Waals surface area contributed by atoms with Crippen LogP contribution in [-0.2, 0) is 9.59 Å². The average molecular weight is 325 g/mol. The van der Waals surface area contributed by atoms with Gasteiger partial charge in [0.1, 0.15) is 0 Å². The molecule has 1 saturated carbocycles. The van der Waals surface area contributed by atoms with Gasteiger partial charge in [-0.2, -0.15) is 0 Å². The number of likely N-dealkylation sites (tertiary alicyclic amines) is 1. The lowest BCUT2D eigenvalue weighted by atomic mass is 9.86. The van der Waals surface area contributed by atoms with Crippen LogP contribution in [0.3, 0.4) is 0 Å². The molecule has 132 valence electrons. The number of likely N-dealkylation sites (N-methyl/N-ethyl adjacent to an activating group) is 1. The number of piperidine rings is 1. The molecule has 2 rings (SSSR count). The third-order valence-electron chi connectivity index (χ3n) is 5.22. The summed E-state index contributed by atoms with van der Waals surface area (Å²) >= 11 is 0. The highest BCUT2D eigenvalue weighted by Crippen LogP contribution is 2.28. The summed E-state index contributed by atoms with van der Waals surface area (Å²) in [6, 6.07) is 0. The minimum atomic E-state index is -1.36. The number of carbonyl (C=O) groups excluding carboxylic acids is 2. The van der Waals surface area contributed by atoms with Crippen LogP contribution >= 0.6 is 0 Å². The second-order valence-electron chi connectivity index (χ2n) is 7.00. The highest BCUT2D eigenvalue weighted by atomic mass is 16.3. The van der Waals surface area contributed by atoms with Gasteiger partial charge in [0.25, 0.3) is 5.91 Å². The molecule has 6 heteroatoms. The van der Waals surface area contributed by atoms with Gasteiger partial charge in [-0.05, 0) is 25.2 Å². The molecule has 0 bridgehead atoms. The number of nitrogens with zero attached hydrogens (tertiary/aromatic N) is 1. The van der Waals surface area contributed by atoms with Gasteiger partial charge in [0.2, 0.25) is 5.91 Å². The third-order valence-corrected chi connectivity index (χ3v) is 5.22. The summed E-state index contributed by atoms with van der Waals surface area (Å²) in [5.41, 5.74) is -1.36. The van der Waals surface area contributed by atoms with Crippen LogP contribution in [0.25, 0.3) is 0 Å². The predicted molar refractivity (Wildman–Crippen MR) is 88.9 cm³/mol. The SMILES string of the molecule is CNC(=O)CNCC1(O)CCCN(CCC2CCCCC2)C1=O. The fourth-order valence-corrected chi connectivity index (χ4v) is 3.73. The molecule has 3 N–H and O–H groups in total. The Morgan fingerprint density at radius 1 is 1.30 bits per heavy atom. The van der Waals surface area contributed by atoms with Crippen molar-refractivity contribution < 1.29 is 14.7 Å². The molecule has 0 spiro atoms. The number of hydrogen-bond acceptors (Lipinski definition) is 4. The van der Waals surface area contributed by atoms with E-state index in [-0.39, 0.29) is 24.9 Å². The Morgan fingerprint density at radius 2 is 2.04 bits per heavy atom. The second kappa shape index (κ2) is 8.64. The molecule has 1 unspecified atom stereocenters. The van der Waals surface area contributed by atoms with Crippen LogP contribution < -0.4 is 10.6 Å². The molecule has 0 radical (unpaired) electrons. The zero-order valence-corrected chi connectivity index (χ0v) is 14.3. The van der Waals surface area contributed by atoms with Crippen LogP contribution in [0.5, 0.6) is 0 Å². The lowest BCUT2D eigenvalue weighted by Crippen LogP contribution is -2.58. The van der Waals surface area contributed by atoms with E-state index in [2.05, 4.69) is 10.6 Å². The monoisotopic (exact) mass is 325 g/mol. The first kappa shape index (κ1) is 18.2. The topological polar surface area (TPSA) is 81.7 Å². The zero-order valence-electron chi connectivity index (χ0n) is 14.3. The molecule has 1 aliphatic heterocycles. The van der Waals surface area contributed by atoms with E-state index in [0.29, 0.717) is 6.42 Å². The van der Waals surface area contributed by atoms with Crippen molar-refractivity contribution in [1.82, 2.24) is 15.5 Å². The first-order chi connectivity index (χ1) is 11.0. The Balaban J connectivity index is 1.80. The van der Waals surface area contributed by atoms with Gasteiger partial charge in [0.05, 0.1) is 6.54 Å². The van der Waals surface area contributed by atoms with Crippen LogP contribution in [0.15, 0.2) is 0 Å². The molecular formula is C17H31N3O3. The molecule has 1 saturated heterocycles. The van der Waals surface area contributed by atoms with E-state index in [0.717, 1.165) is 31.8 Å². The number of carbonyl (C=O) groups is 2. The molecule has 2 aliphatic rings. The number of nitrogens with one attached hydrogen (secondary N) is 2. The summed E-state index contributed by atoms with van der Waals surface area (Å²) in [5.74, 6) is 0.410. The first-order valence-corrected chi connectivity index (χ1v) is 8.98. The van der Waals surface area contributed by atoms with Gasteiger partial charge in [-0.15, -0.1) is 0 Å². The highest BCUT2D eigenvalue weighted by Gasteiger charge is 2.41. The Hall–Kier alpha value is -1.14. The molecular weight excluding hydrogens is 294 g/mol. The van der Waals surface area contributed by atoms with Crippen molar-refractivity contribution in [3.8, 4) is 0 Å². The molecule has 1 heterocycles. The maximum atomic E-state index is 12.6. The fourth-order valence-electron chi connectivity index (χ4n) is 3.73. The largest absolute Gasteiger partial charge is 0.379 e. The maximum Gasteiger partial charge on any atom is 0.255 e. The number of rotatable bonds is 7. The molecule has 2 fully saturated rings. The van der Waals surface area contributed by atoms with Crippen LogP contribution in [0, 0.1) is 5.92 Å². The first-order valence-electron chi connectivity index (χ1n) is 8.98. The molecule has 0 aromatic rings. The van der Waals surface area contributed by atoms with Gasteiger partial charge >= 0.3 is 0 Å². The van der Waals surface area contributed by atoms with E-state index in [9.17, 15) is 14.7 Å². The molecule has 6 nitrogen and oxygen atoms in total. The van der Waals surface area contributed by atoms with Crippen molar-refractivity contribution >= 4 is 11.8 Å². The van der Waals surface area contributed by atoms with Crippen molar-refractivity contribution in [3.05, 3.63) is 0 Å². The van der Waals surface area contributed by atoms with Crippen LogP contribution in [-0.4, -0.2) is 60.6 Å². The summed E-state index contributed by atoms with van der Waals surface area (Å²) in [4.78, 5) is 25.7. The van der Waals surface area contributed by atoms with Gasteiger partial charge in [0.15, 0.2) is 5.60 Å². The lowest BCUT2D eigenvalue weighted by Gasteiger charge is -2.39. The highest BCUT2D eigenvalue weighted by molar-refractivity contribution is 5.86. The standard InChI is InChI=1S/C17H31N3O3/c1-18-15(21)12-19-13-17(23)9-5-10-20(16(17)22)11-8-14-6-3-2-4-7-14/h14,19,23H,2-13H2,1H3,(H,18,21). The van der Waals surface area contributed by atoms with Gasteiger partial charge in [-0.3, -0.25) is 9.59 Å². The minimum absolute atomic E-state index is 0.119. The molecule has 1 atom stereocenters. The van der Waals surface area contributed by atoms with Crippen molar-refractivity contribution in [2.45, 2.75) is 57.0 Å². The van der Waals surface area contributed by atoms with Crippen LogP contribution in [0.4, 0.5) is 0 Å². The lowest BCUT2D eigenvalue weighted by molar-refractivity contribution is -0.157. The third kappa shape index (κ3) is 5.18. The molecule has 23 heavy (non-hydrogen) atoms. The van der Waals surface area contributed by atoms with Crippen molar-refractivity contribution in [3.63, 3.8) is 0 Å². The van der Waals surface area contributed by atoms with Crippen molar-refractivity contribution in [1.29, 1.82) is 0 Å². The molecule has 2 amide bonds. The van der Waals surface area contributed by atoms with Gasteiger partial charge in [-0.25, -0.2) is 0 Å². The second-order valence-corrected chi connectivity index (χ2v) is 7.00. The fraction of sp³-hybridized carbons (Fsp3) is 0.882. The summed E-state index contributed by atoms with van der Waals surface area (Å²) in [6.07, 6.45) is 8.85. The van der Waals surface area contributed by atoms with E-state index in [1.165, 1.54) is 32.1 Å². The number of hydrogen-bond donors (Lipinski definition) is 3. The van der Waals surface area contributed by atoms with E-state index < -0.39 is 5.60 Å². The Morgan fingerprint density at radius 3 is 2.74 bits per heavy atom. The summed E-state index contributed by atoms with van der Waals surface area (Å²) < 4.78 is 0. The van der Waals surface area contributed by atoms with E-state index >= 15 is 0 Å². The molecule has 0 aromatic heterocycles. The smallest absolute Gasteiger partial charge is 0.255 e. The van der Waals surface area contributed by atoms with Gasteiger partial charge < -0.3 is 20.6 Å². The molecule has 1 aliphatic carbocycles. The van der Waals surface area contributed by atoms with Gasteiger partial charge in [0, 0.05) is 26.7 Å². The number of amides is 2. The summed E-state index contributed by atoms with van der Waals surface area (Å²) in [6.45, 7) is 1.75. The quantitative estimate of drug-likeness (QED) is 0.642. The van der Waals surface area contributed by atoms with E-state index in [4.69, 9.17) is 0 Å². The normalized spacial score (nSPS) is 26.3. The summed E-state index contributed by atoms with van der Waals surface area (Å²) in [5, 5.41) is 16.1.